The molecule has 21 heavy (non-hydrogen) atoms. The minimum absolute atomic E-state index is 0.0000543. The van der Waals surface area contributed by atoms with Gasteiger partial charge in [-0.1, -0.05) is 13.8 Å². The first-order chi connectivity index (χ1) is 9.50. The largest absolute Gasteiger partial charge is 0.449 e. The van der Waals surface area contributed by atoms with Gasteiger partial charge in [0.15, 0.2) is 0 Å². The molecule has 3 aliphatic rings. The highest BCUT2D eigenvalue weighted by Gasteiger charge is 2.78. The maximum absolute atomic E-state index is 14.3. The minimum Gasteiger partial charge on any atom is -0.354 e. The Kier molecular flexibility index (Phi) is 3.17. The van der Waals surface area contributed by atoms with E-state index in [4.69, 9.17) is 0 Å². The van der Waals surface area contributed by atoms with Crippen molar-refractivity contribution in [2.24, 2.45) is 35.5 Å². The highest BCUT2D eigenvalue weighted by Crippen LogP contribution is 2.62. The smallest absolute Gasteiger partial charge is 0.354 e. The first-order valence-electron chi connectivity index (χ1n) is 7.31. The summed E-state index contributed by atoms with van der Waals surface area (Å²) in [4.78, 5) is 0. The van der Waals surface area contributed by atoms with Crippen molar-refractivity contribution in [3.8, 4) is 0 Å². The molecule has 0 radical (unpaired) electrons. The number of aliphatic hydroxyl groups is 1. The molecule has 0 aromatic carbocycles. The number of rotatable bonds is 1. The van der Waals surface area contributed by atoms with E-state index in [1.54, 1.807) is 0 Å². The molecule has 0 aromatic rings. The summed E-state index contributed by atoms with van der Waals surface area (Å²) in [7, 11) is 0. The molecule has 0 spiro atoms. The van der Waals surface area contributed by atoms with Gasteiger partial charge in [-0.25, -0.2) is 0 Å². The number of alkyl halides is 5. The molecule has 122 valence electrons. The van der Waals surface area contributed by atoms with Gasteiger partial charge in [0.2, 0.25) is 0 Å². The van der Waals surface area contributed by atoms with Crippen LogP contribution in [0.4, 0.5) is 22.0 Å². The highest BCUT2D eigenvalue weighted by atomic mass is 19.4. The molecule has 3 rings (SSSR count). The third-order valence-corrected chi connectivity index (χ3v) is 6.24. The van der Waals surface area contributed by atoms with Crippen molar-refractivity contribution in [3.63, 3.8) is 0 Å². The number of halogens is 5. The first-order valence-corrected chi connectivity index (χ1v) is 7.31. The quantitative estimate of drug-likeness (QED) is 0.751. The normalized spacial score (nSPS) is 52.6. The Morgan fingerprint density at radius 2 is 1.62 bits per heavy atom. The van der Waals surface area contributed by atoms with Crippen molar-refractivity contribution in [1.29, 1.82) is 0 Å². The Labute approximate surface area is 119 Å². The highest BCUT2D eigenvalue weighted by molar-refractivity contribution is 5.08. The Bertz CT molecular complexity index is 436. The van der Waals surface area contributed by atoms with Crippen LogP contribution in [-0.4, -0.2) is 29.6 Å². The van der Waals surface area contributed by atoms with E-state index in [0.29, 0.717) is 18.3 Å². The fourth-order valence-electron chi connectivity index (χ4n) is 4.79. The molecule has 7 atom stereocenters. The lowest BCUT2D eigenvalue weighted by molar-refractivity contribution is -0.405. The van der Waals surface area contributed by atoms with Crippen molar-refractivity contribution in [1.82, 2.24) is 0 Å². The average Bonchev–Trinajstić information content (AvgIpc) is 2.95. The third-order valence-electron chi connectivity index (χ3n) is 6.24. The van der Waals surface area contributed by atoms with Crippen LogP contribution < -0.4 is 0 Å². The average molecular weight is 314 g/mol. The molecule has 7 heteroatoms. The van der Waals surface area contributed by atoms with Crippen LogP contribution in [-0.2, 0) is 4.74 Å². The number of hydrogen-bond donors (Lipinski definition) is 1. The van der Waals surface area contributed by atoms with Crippen molar-refractivity contribution in [2.75, 3.05) is 6.61 Å². The van der Waals surface area contributed by atoms with Crippen LogP contribution in [0.3, 0.4) is 0 Å². The van der Waals surface area contributed by atoms with Gasteiger partial charge < -0.3 is 9.84 Å². The summed E-state index contributed by atoms with van der Waals surface area (Å²) in [5.74, 6) is -9.77. The number of fused-ring (bicyclic) bond motifs is 2. The molecule has 2 nitrogen and oxygen atoms in total. The predicted molar refractivity (Wildman–Crippen MR) is 63.4 cm³/mol. The summed E-state index contributed by atoms with van der Waals surface area (Å²) in [6, 6.07) is 0. The summed E-state index contributed by atoms with van der Waals surface area (Å²) in [5.41, 5.74) is 0. The van der Waals surface area contributed by atoms with Crippen LogP contribution in [0.15, 0.2) is 0 Å². The van der Waals surface area contributed by atoms with Gasteiger partial charge in [-0.3, -0.25) is 0 Å². The zero-order valence-electron chi connectivity index (χ0n) is 11.8. The van der Waals surface area contributed by atoms with Crippen LogP contribution in [0.2, 0.25) is 0 Å². The van der Waals surface area contributed by atoms with Crippen LogP contribution in [0.1, 0.15) is 26.7 Å². The summed E-state index contributed by atoms with van der Waals surface area (Å²) in [6.07, 6.45) is -4.19. The van der Waals surface area contributed by atoms with Crippen molar-refractivity contribution >= 4 is 0 Å². The van der Waals surface area contributed by atoms with E-state index >= 15 is 0 Å². The van der Waals surface area contributed by atoms with E-state index in [0.717, 1.165) is 6.42 Å². The van der Waals surface area contributed by atoms with Gasteiger partial charge in [0.1, 0.15) is 0 Å². The molecule has 0 amide bonds. The van der Waals surface area contributed by atoms with E-state index in [9.17, 15) is 27.1 Å². The van der Waals surface area contributed by atoms with Crippen LogP contribution in [0.25, 0.3) is 0 Å². The topological polar surface area (TPSA) is 29.5 Å². The first kappa shape index (κ1) is 15.5. The van der Waals surface area contributed by atoms with Gasteiger partial charge in [-0.05, 0) is 42.4 Å². The summed E-state index contributed by atoms with van der Waals surface area (Å²) in [5, 5.41) is 9.38. The van der Waals surface area contributed by atoms with Gasteiger partial charge in [0, 0.05) is 0 Å². The molecular weight excluding hydrogens is 295 g/mol. The van der Waals surface area contributed by atoms with E-state index < -0.39 is 36.3 Å². The lowest BCUT2D eigenvalue weighted by atomic mass is 9.69. The van der Waals surface area contributed by atoms with Gasteiger partial charge in [-0.15, -0.1) is 0 Å². The summed E-state index contributed by atoms with van der Waals surface area (Å²) in [6.45, 7) is 3.31. The fourth-order valence-corrected chi connectivity index (χ4v) is 4.79. The zero-order chi connectivity index (χ0) is 15.8. The molecular formula is C14H19F5O2. The standard InChI is InChI=1S/C14H19F5O2/c1-6-7(2)9-3-8(6)4-10(9)11-5-21-13(20,12(11,15)16)14(17,18)19/h6-11,20H,3-5H2,1-2H3. The second-order valence-electron chi connectivity index (χ2n) is 6.96. The predicted octanol–water partition coefficient (Wildman–Crippen LogP) is 3.45. The molecule has 2 saturated carbocycles. The van der Waals surface area contributed by atoms with E-state index in [2.05, 4.69) is 11.7 Å². The van der Waals surface area contributed by atoms with E-state index in [-0.39, 0.29) is 11.8 Å². The van der Waals surface area contributed by atoms with Gasteiger partial charge in [0.25, 0.3) is 0 Å². The Morgan fingerprint density at radius 3 is 2.05 bits per heavy atom. The monoisotopic (exact) mass is 314 g/mol. The maximum atomic E-state index is 14.3. The third kappa shape index (κ3) is 1.82. The van der Waals surface area contributed by atoms with Crippen LogP contribution in [0, 0.1) is 35.5 Å². The van der Waals surface area contributed by atoms with E-state index in [1.165, 1.54) is 0 Å². The minimum atomic E-state index is -5.50. The molecule has 2 bridgehead atoms. The fraction of sp³-hybridized carbons (Fsp3) is 1.00. The Balaban J connectivity index is 1.86. The number of hydrogen-bond acceptors (Lipinski definition) is 2. The molecule has 7 unspecified atom stereocenters. The molecule has 2 aliphatic carbocycles. The number of ether oxygens (including phenoxy) is 1. The SMILES string of the molecule is CC1C2CC(C1C)C(C1COC(O)(C(F)(F)F)C1(F)F)C2. The molecule has 1 aliphatic heterocycles. The van der Waals surface area contributed by atoms with Gasteiger partial charge in [0.05, 0.1) is 12.5 Å². The molecule has 3 fully saturated rings. The molecule has 0 aromatic heterocycles. The summed E-state index contributed by atoms with van der Waals surface area (Å²) < 4.78 is 71.0. The van der Waals surface area contributed by atoms with E-state index in [1.807, 2.05) is 6.92 Å². The Morgan fingerprint density at radius 1 is 1.05 bits per heavy atom. The van der Waals surface area contributed by atoms with Crippen molar-refractivity contribution < 1.29 is 31.8 Å². The lowest BCUT2D eigenvalue weighted by Gasteiger charge is -2.38. The second-order valence-corrected chi connectivity index (χ2v) is 6.96. The van der Waals surface area contributed by atoms with Crippen molar-refractivity contribution in [2.45, 2.75) is 44.6 Å². The van der Waals surface area contributed by atoms with Gasteiger partial charge >= 0.3 is 17.9 Å². The van der Waals surface area contributed by atoms with Crippen LogP contribution in [0.5, 0.6) is 0 Å². The van der Waals surface area contributed by atoms with Gasteiger partial charge in [-0.2, -0.15) is 22.0 Å². The zero-order valence-corrected chi connectivity index (χ0v) is 11.8. The molecule has 1 N–H and O–H groups in total. The second kappa shape index (κ2) is 4.31. The summed E-state index contributed by atoms with van der Waals surface area (Å²) >= 11 is 0. The Hall–Kier alpha value is -0.430. The van der Waals surface area contributed by atoms with Crippen LogP contribution >= 0.6 is 0 Å². The maximum Gasteiger partial charge on any atom is 0.449 e. The molecule has 1 heterocycles. The molecule has 1 saturated heterocycles. The lowest BCUT2D eigenvalue weighted by Crippen LogP contribution is -2.59. The van der Waals surface area contributed by atoms with Crippen molar-refractivity contribution in [3.05, 3.63) is 0 Å².